The van der Waals surface area contributed by atoms with Crippen LogP contribution in [0.2, 0.25) is 5.02 Å². The summed E-state index contributed by atoms with van der Waals surface area (Å²) >= 11 is 5.90. The summed E-state index contributed by atoms with van der Waals surface area (Å²) in [7, 11) is 0. The highest BCUT2D eigenvalue weighted by Crippen LogP contribution is 2.28. The summed E-state index contributed by atoms with van der Waals surface area (Å²) in [5.41, 5.74) is 0.720. The van der Waals surface area contributed by atoms with E-state index >= 15 is 0 Å². The molecule has 104 valence electrons. The van der Waals surface area contributed by atoms with E-state index in [-0.39, 0.29) is 5.91 Å². The fourth-order valence-electron chi connectivity index (χ4n) is 2.27. The molecular formula is C13H15ClF2N2O. The zero-order valence-corrected chi connectivity index (χ0v) is 11.2. The first-order valence-corrected chi connectivity index (χ1v) is 6.51. The number of amides is 1. The van der Waals surface area contributed by atoms with Crippen LogP contribution in [0, 0.1) is 0 Å². The summed E-state index contributed by atoms with van der Waals surface area (Å²) in [6.45, 7) is 1.27. The smallest absolute Gasteiger partial charge is 0.255 e. The van der Waals surface area contributed by atoms with Gasteiger partial charge in [-0.05, 0) is 24.1 Å². The van der Waals surface area contributed by atoms with Gasteiger partial charge in [-0.15, -0.1) is 0 Å². The van der Waals surface area contributed by atoms with Crippen molar-refractivity contribution in [2.75, 3.05) is 6.54 Å². The largest absolute Gasteiger partial charge is 0.316 e. The molecule has 1 aromatic rings. The molecule has 0 aromatic heterocycles. The first kappa shape index (κ1) is 14.2. The van der Waals surface area contributed by atoms with Gasteiger partial charge in [0.15, 0.2) is 0 Å². The molecule has 1 fully saturated rings. The van der Waals surface area contributed by atoms with Gasteiger partial charge < -0.3 is 4.90 Å². The van der Waals surface area contributed by atoms with E-state index in [0.29, 0.717) is 11.4 Å². The van der Waals surface area contributed by atoms with E-state index in [4.69, 9.17) is 11.6 Å². The minimum Gasteiger partial charge on any atom is -0.316 e. The Morgan fingerprint density at radius 3 is 2.79 bits per heavy atom. The van der Waals surface area contributed by atoms with Crippen molar-refractivity contribution in [1.82, 2.24) is 10.2 Å². The zero-order chi connectivity index (χ0) is 14.0. The number of rotatable bonds is 4. The average molecular weight is 289 g/mol. The van der Waals surface area contributed by atoms with E-state index in [2.05, 4.69) is 5.32 Å². The molecule has 0 radical (unpaired) electrons. The third-order valence-electron chi connectivity index (χ3n) is 3.16. The maximum absolute atomic E-state index is 12.6. The fraction of sp³-hybridized carbons (Fsp3) is 0.462. The number of hydrogen-bond acceptors (Lipinski definition) is 2. The first-order chi connectivity index (χ1) is 9.02. The second kappa shape index (κ2) is 5.84. The Morgan fingerprint density at radius 1 is 1.47 bits per heavy atom. The van der Waals surface area contributed by atoms with E-state index < -0.39 is 25.2 Å². The molecule has 0 saturated carbocycles. The fourth-order valence-corrected chi connectivity index (χ4v) is 2.47. The number of alkyl halides is 2. The van der Waals surface area contributed by atoms with Gasteiger partial charge in [0, 0.05) is 5.02 Å². The predicted molar refractivity (Wildman–Crippen MR) is 69.1 cm³/mol. The highest BCUT2D eigenvalue weighted by molar-refractivity contribution is 6.30. The molecule has 1 N–H and O–H groups in total. The Bertz CT molecular complexity index is 470. The second-order valence-electron chi connectivity index (χ2n) is 4.47. The van der Waals surface area contributed by atoms with Crippen LogP contribution in [0.15, 0.2) is 24.3 Å². The van der Waals surface area contributed by atoms with Gasteiger partial charge in [-0.3, -0.25) is 10.1 Å². The highest BCUT2D eigenvalue weighted by Gasteiger charge is 2.39. The number of carbonyl (C=O) groups excluding carboxylic acids is 1. The molecule has 0 aliphatic carbocycles. The first-order valence-electron chi connectivity index (χ1n) is 6.13. The average Bonchev–Trinajstić information content (AvgIpc) is 2.66. The van der Waals surface area contributed by atoms with Crippen molar-refractivity contribution >= 4 is 17.5 Å². The van der Waals surface area contributed by atoms with Crippen molar-refractivity contribution < 1.29 is 13.6 Å². The molecule has 19 heavy (non-hydrogen) atoms. The molecule has 3 nitrogen and oxygen atoms in total. The number of nitrogens with zero attached hydrogens (tertiary/aromatic N) is 1. The molecule has 2 unspecified atom stereocenters. The lowest BCUT2D eigenvalue weighted by Gasteiger charge is -2.24. The van der Waals surface area contributed by atoms with Crippen molar-refractivity contribution in [3.05, 3.63) is 34.9 Å². The highest BCUT2D eigenvalue weighted by atomic mass is 35.5. The van der Waals surface area contributed by atoms with Gasteiger partial charge in [0.1, 0.15) is 6.17 Å². The summed E-state index contributed by atoms with van der Waals surface area (Å²) < 4.78 is 25.2. The predicted octanol–water partition coefficient (Wildman–Crippen LogP) is 2.81. The number of nitrogens with one attached hydrogen (secondary N) is 1. The van der Waals surface area contributed by atoms with E-state index in [1.807, 2.05) is 6.92 Å². The van der Waals surface area contributed by atoms with Gasteiger partial charge in [0.25, 0.3) is 6.43 Å². The van der Waals surface area contributed by atoms with Crippen LogP contribution in [0.4, 0.5) is 8.78 Å². The Labute approximate surface area is 115 Å². The van der Waals surface area contributed by atoms with Gasteiger partial charge in [-0.1, -0.05) is 30.7 Å². The summed E-state index contributed by atoms with van der Waals surface area (Å²) in [5, 5.41) is 3.59. The lowest BCUT2D eigenvalue weighted by molar-refractivity contribution is -0.132. The Hall–Kier alpha value is -1.20. The van der Waals surface area contributed by atoms with Crippen LogP contribution in [0.1, 0.15) is 25.1 Å². The molecule has 1 amide bonds. The molecular weight excluding hydrogens is 274 g/mol. The van der Waals surface area contributed by atoms with Crippen molar-refractivity contribution in [1.29, 1.82) is 0 Å². The third kappa shape index (κ3) is 3.04. The third-order valence-corrected chi connectivity index (χ3v) is 3.39. The van der Waals surface area contributed by atoms with Crippen LogP contribution >= 0.6 is 11.6 Å². The zero-order valence-electron chi connectivity index (χ0n) is 10.4. The minimum absolute atomic E-state index is 0.284. The molecule has 1 aromatic carbocycles. The van der Waals surface area contributed by atoms with Crippen LogP contribution < -0.4 is 5.32 Å². The van der Waals surface area contributed by atoms with E-state index in [1.54, 1.807) is 24.3 Å². The monoisotopic (exact) mass is 288 g/mol. The lowest BCUT2D eigenvalue weighted by atomic mass is 10.1. The SMILES string of the molecule is CCC1NC(c2cccc(Cl)c2)N(CC(F)F)C1=O. The quantitative estimate of drug-likeness (QED) is 0.924. The van der Waals surface area contributed by atoms with E-state index in [0.717, 1.165) is 5.56 Å². The Balaban J connectivity index is 2.28. The number of hydrogen-bond donors (Lipinski definition) is 1. The van der Waals surface area contributed by atoms with Crippen LogP contribution in [0.5, 0.6) is 0 Å². The standard InChI is InChI=1S/C13H15ClF2N2O/c1-2-10-13(19)18(7-11(15)16)12(17-10)8-4-3-5-9(14)6-8/h3-6,10-12,17H,2,7H2,1H3. The summed E-state index contributed by atoms with van der Waals surface area (Å²) in [5.74, 6) is -0.284. The van der Waals surface area contributed by atoms with Crippen LogP contribution in [-0.2, 0) is 4.79 Å². The molecule has 0 spiro atoms. The van der Waals surface area contributed by atoms with Crippen molar-refractivity contribution in [3.63, 3.8) is 0 Å². The molecule has 2 atom stereocenters. The van der Waals surface area contributed by atoms with Gasteiger partial charge >= 0.3 is 0 Å². The summed E-state index contributed by atoms with van der Waals surface area (Å²) in [6, 6.07) is 6.49. The molecule has 1 saturated heterocycles. The molecule has 1 aliphatic heterocycles. The van der Waals surface area contributed by atoms with Crippen molar-refractivity contribution in [2.24, 2.45) is 0 Å². The molecule has 1 heterocycles. The molecule has 6 heteroatoms. The molecule has 1 aliphatic rings. The second-order valence-corrected chi connectivity index (χ2v) is 4.90. The van der Waals surface area contributed by atoms with Crippen LogP contribution in [0.25, 0.3) is 0 Å². The van der Waals surface area contributed by atoms with Crippen LogP contribution in [-0.4, -0.2) is 29.8 Å². The van der Waals surface area contributed by atoms with Gasteiger partial charge in [0.2, 0.25) is 5.91 Å². The van der Waals surface area contributed by atoms with Gasteiger partial charge in [-0.2, -0.15) is 0 Å². The number of benzene rings is 1. The number of halogens is 3. The van der Waals surface area contributed by atoms with Gasteiger partial charge in [-0.25, -0.2) is 8.78 Å². The van der Waals surface area contributed by atoms with Crippen molar-refractivity contribution in [2.45, 2.75) is 32.0 Å². The van der Waals surface area contributed by atoms with Gasteiger partial charge in [0.05, 0.1) is 12.6 Å². The minimum atomic E-state index is -2.55. The normalized spacial score (nSPS) is 23.4. The number of carbonyl (C=O) groups is 1. The maximum Gasteiger partial charge on any atom is 0.255 e. The molecule has 0 bridgehead atoms. The lowest BCUT2D eigenvalue weighted by Crippen LogP contribution is -2.34. The van der Waals surface area contributed by atoms with E-state index in [9.17, 15) is 13.6 Å². The summed E-state index contributed by atoms with van der Waals surface area (Å²) in [4.78, 5) is 13.2. The van der Waals surface area contributed by atoms with Crippen molar-refractivity contribution in [3.8, 4) is 0 Å². The summed E-state index contributed by atoms with van der Waals surface area (Å²) in [6.07, 6.45) is -2.52. The Morgan fingerprint density at radius 2 is 2.21 bits per heavy atom. The van der Waals surface area contributed by atoms with Crippen LogP contribution in [0.3, 0.4) is 0 Å². The van der Waals surface area contributed by atoms with E-state index in [1.165, 1.54) is 4.90 Å². The molecule has 2 rings (SSSR count). The Kier molecular flexibility index (Phi) is 4.37. The topological polar surface area (TPSA) is 32.3 Å². The maximum atomic E-state index is 12.6.